The maximum Gasteiger partial charge on any atom is 0.243 e. The monoisotopic (exact) mass is 639 g/mol. The number of unbranched alkanes of at least 4 members (excludes halogenated alkanes) is 1. The normalized spacial score (nSPS) is 13.5. The number of carbonyl (C=O) groups is 4. The Labute approximate surface area is 269 Å². The van der Waals surface area contributed by atoms with Gasteiger partial charge in [-0.25, -0.2) is 0 Å². The van der Waals surface area contributed by atoms with Gasteiger partial charge in [0.15, 0.2) is 5.96 Å². The van der Waals surface area contributed by atoms with Gasteiger partial charge in [0.25, 0.3) is 0 Å². The SMILES string of the molecule is Cc1cc(O)cc(C)c1C[C@H](NC(=O)[C@@H](N)CCCCN)C(=O)N[C@H](CCCN=C(N)N)C(=O)N[C@@H](Cc1ccccc1)C(N)=O. The quantitative estimate of drug-likeness (QED) is 0.0530. The molecule has 0 aliphatic heterocycles. The van der Waals surface area contributed by atoms with Crippen molar-refractivity contribution >= 4 is 29.6 Å². The van der Waals surface area contributed by atoms with Crippen molar-refractivity contribution in [1.29, 1.82) is 0 Å². The Kier molecular flexibility index (Phi) is 15.5. The lowest BCUT2D eigenvalue weighted by molar-refractivity contribution is -0.133. The zero-order valence-electron chi connectivity index (χ0n) is 26.6. The molecule has 2 aromatic rings. The third-order valence-corrected chi connectivity index (χ3v) is 7.55. The van der Waals surface area contributed by atoms with E-state index in [1.165, 1.54) is 0 Å². The largest absolute Gasteiger partial charge is 0.508 e. The van der Waals surface area contributed by atoms with Crippen LogP contribution in [0.15, 0.2) is 47.5 Å². The fourth-order valence-corrected chi connectivity index (χ4v) is 5.01. The molecule has 0 aromatic heterocycles. The van der Waals surface area contributed by atoms with Crippen molar-refractivity contribution in [2.24, 2.45) is 33.7 Å². The molecule has 4 atom stereocenters. The summed E-state index contributed by atoms with van der Waals surface area (Å²) in [7, 11) is 0. The van der Waals surface area contributed by atoms with Crippen LogP contribution in [-0.2, 0) is 32.0 Å². The van der Waals surface area contributed by atoms with E-state index in [2.05, 4.69) is 20.9 Å². The average molecular weight is 640 g/mol. The van der Waals surface area contributed by atoms with E-state index >= 15 is 0 Å². The highest BCUT2D eigenvalue weighted by atomic mass is 16.3. The summed E-state index contributed by atoms with van der Waals surface area (Å²) in [6.45, 7) is 4.23. The Balaban J connectivity index is 2.34. The number of aliphatic imine (C=N–C) groups is 1. The number of hydrogen-bond donors (Lipinski definition) is 9. The number of nitrogens with two attached hydrogens (primary N) is 5. The van der Waals surface area contributed by atoms with Gasteiger partial charge < -0.3 is 49.7 Å². The van der Waals surface area contributed by atoms with E-state index in [1.807, 2.05) is 6.07 Å². The van der Waals surface area contributed by atoms with Gasteiger partial charge in [0, 0.05) is 19.4 Å². The van der Waals surface area contributed by atoms with E-state index in [0.29, 0.717) is 43.4 Å². The Morgan fingerprint density at radius 1 is 0.783 bits per heavy atom. The predicted octanol–water partition coefficient (Wildman–Crippen LogP) is -0.756. The van der Waals surface area contributed by atoms with E-state index in [0.717, 1.165) is 11.1 Å². The number of primary amides is 1. The topological polar surface area (TPSA) is 267 Å². The van der Waals surface area contributed by atoms with Gasteiger partial charge in [0.05, 0.1) is 6.04 Å². The first-order valence-corrected chi connectivity index (χ1v) is 15.4. The minimum Gasteiger partial charge on any atom is -0.508 e. The number of nitrogens with zero attached hydrogens (tertiary/aromatic N) is 1. The highest BCUT2D eigenvalue weighted by Crippen LogP contribution is 2.22. The van der Waals surface area contributed by atoms with Crippen LogP contribution in [0.3, 0.4) is 0 Å². The summed E-state index contributed by atoms with van der Waals surface area (Å²) in [6.07, 6.45) is 2.35. The van der Waals surface area contributed by atoms with E-state index in [-0.39, 0.29) is 37.5 Å². The van der Waals surface area contributed by atoms with Crippen LogP contribution in [0.1, 0.15) is 54.4 Å². The summed E-state index contributed by atoms with van der Waals surface area (Å²) >= 11 is 0. The van der Waals surface area contributed by atoms with Crippen molar-refractivity contribution < 1.29 is 24.3 Å². The number of nitrogens with one attached hydrogen (secondary N) is 3. The molecule has 0 radical (unpaired) electrons. The molecule has 0 saturated carbocycles. The van der Waals surface area contributed by atoms with Crippen molar-refractivity contribution in [1.82, 2.24) is 16.0 Å². The van der Waals surface area contributed by atoms with Crippen LogP contribution >= 0.6 is 0 Å². The molecule has 0 unspecified atom stereocenters. The third-order valence-electron chi connectivity index (χ3n) is 7.55. The van der Waals surface area contributed by atoms with Crippen LogP contribution in [0.5, 0.6) is 5.75 Å². The van der Waals surface area contributed by atoms with Gasteiger partial charge in [-0.05, 0) is 80.5 Å². The molecule has 0 fully saturated rings. The molecule has 14 N–H and O–H groups in total. The van der Waals surface area contributed by atoms with E-state index in [9.17, 15) is 24.3 Å². The lowest BCUT2D eigenvalue weighted by atomic mass is 9.95. The van der Waals surface area contributed by atoms with Crippen molar-refractivity contribution in [3.05, 3.63) is 64.7 Å². The average Bonchev–Trinajstić information content (AvgIpc) is 2.99. The lowest BCUT2D eigenvalue weighted by Gasteiger charge is -2.26. The number of aryl methyl sites for hydroxylation is 2. The van der Waals surface area contributed by atoms with Crippen molar-refractivity contribution in [2.75, 3.05) is 13.1 Å². The Hall–Kier alpha value is -4.69. The molecule has 0 aliphatic carbocycles. The third kappa shape index (κ3) is 12.7. The van der Waals surface area contributed by atoms with Gasteiger partial charge in [-0.2, -0.15) is 0 Å². The molecule has 0 heterocycles. The van der Waals surface area contributed by atoms with Crippen LogP contribution < -0.4 is 44.6 Å². The predicted molar refractivity (Wildman–Crippen MR) is 177 cm³/mol. The standard InChI is InChI=1S/C32H49N9O5/c1-19-15-22(42)16-20(2)23(19)18-27(41-29(44)24(34)11-6-7-13-33)31(46)39-25(12-8-14-38-32(36)37)30(45)40-26(28(35)43)17-21-9-4-3-5-10-21/h3-5,9-10,15-16,24-27,42H,6-8,11-14,17-18,33-34H2,1-2H3,(H2,35,43)(H,39,46)(H,40,45)(H,41,44)(H4,36,37,38)/t24-,25+,26-,27-/m0/s1. The molecule has 0 spiro atoms. The number of carbonyl (C=O) groups excluding carboxylic acids is 4. The summed E-state index contributed by atoms with van der Waals surface area (Å²) in [5, 5.41) is 18.2. The first-order valence-electron chi connectivity index (χ1n) is 15.4. The molecule has 14 nitrogen and oxygen atoms in total. The zero-order valence-corrected chi connectivity index (χ0v) is 26.6. The second kappa shape index (κ2) is 19.0. The molecule has 0 bridgehead atoms. The fraction of sp³-hybridized carbons (Fsp3) is 0.469. The van der Waals surface area contributed by atoms with Gasteiger partial charge >= 0.3 is 0 Å². The zero-order chi connectivity index (χ0) is 34.2. The van der Waals surface area contributed by atoms with Gasteiger partial charge in [0.1, 0.15) is 23.9 Å². The van der Waals surface area contributed by atoms with Crippen LogP contribution in [0.4, 0.5) is 0 Å². The molecular formula is C32H49N9O5. The van der Waals surface area contributed by atoms with Crippen molar-refractivity contribution in [3.63, 3.8) is 0 Å². The number of guanidine groups is 1. The lowest BCUT2D eigenvalue weighted by Crippen LogP contribution is -2.58. The summed E-state index contributed by atoms with van der Waals surface area (Å²) in [4.78, 5) is 56.7. The first kappa shape index (κ1) is 37.5. The summed E-state index contributed by atoms with van der Waals surface area (Å²) in [5.41, 5.74) is 31.1. The van der Waals surface area contributed by atoms with E-state index < -0.39 is 47.8 Å². The summed E-state index contributed by atoms with van der Waals surface area (Å²) < 4.78 is 0. The molecule has 46 heavy (non-hydrogen) atoms. The maximum atomic E-state index is 13.9. The minimum absolute atomic E-state index is 0.0608. The molecule has 0 saturated heterocycles. The van der Waals surface area contributed by atoms with E-state index in [1.54, 1.807) is 50.2 Å². The van der Waals surface area contributed by atoms with Crippen LogP contribution in [0.2, 0.25) is 0 Å². The number of phenolic OH excluding ortho intramolecular Hbond substituents is 1. The highest BCUT2D eigenvalue weighted by Gasteiger charge is 2.30. The second-order valence-electron chi connectivity index (χ2n) is 11.4. The number of amides is 4. The maximum absolute atomic E-state index is 13.9. The second-order valence-corrected chi connectivity index (χ2v) is 11.4. The molecule has 14 heteroatoms. The van der Waals surface area contributed by atoms with Gasteiger partial charge in [-0.1, -0.05) is 36.8 Å². The Morgan fingerprint density at radius 3 is 1.96 bits per heavy atom. The molecule has 252 valence electrons. The summed E-state index contributed by atoms with van der Waals surface area (Å²) in [6, 6.07) is 7.99. The van der Waals surface area contributed by atoms with E-state index in [4.69, 9.17) is 28.7 Å². The Bertz CT molecular complexity index is 1330. The fourth-order valence-electron chi connectivity index (χ4n) is 5.01. The smallest absolute Gasteiger partial charge is 0.243 e. The molecule has 0 aliphatic rings. The number of phenols is 1. The highest BCUT2D eigenvalue weighted by molar-refractivity contribution is 5.94. The Morgan fingerprint density at radius 2 is 1.37 bits per heavy atom. The number of aromatic hydroxyl groups is 1. The van der Waals surface area contributed by atoms with Gasteiger partial charge in [0.2, 0.25) is 23.6 Å². The number of benzene rings is 2. The molecular weight excluding hydrogens is 590 g/mol. The molecule has 2 rings (SSSR count). The van der Waals surface area contributed by atoms with Gasteiger partial charge in [-0.15, -0.1) is 0 Å². The summed E-state index contributed by atoms with van der Waals surface area (Å²) in [5.74, 6) is -2.60. The van der Waals surface area contributed by atoms with Crippen molar-refractivity contribution in [2.45, 2.75) is 83.0 Å². The van der Waals surface area contributed by atoms with Crippen molar-refractivity contribution in [3.8, 4) is 5.75 Å². The van der Waals surface area contributed by atoms with Crippen LogP contribution in [0.25, 0.3) is 0 Å². The number of rotatable bonds is 19. The molecule has 4 amide bonds. The minimum atomic E-state index is -1.13. The van der Waals surface area contributed by atoms with Crippen LogP contribution in [-0.4, -0.2) is 72.0 Å². The first-order chi connectivity index (χ1) is 21.8. The number of hydrogen-bond acceptors (Lipinski definition) is 8. The molecule has 2 aromatic carbocycles. The van der Waals surface area contributed by atoms with Gasteiger partial charge in [-0.3, -0.25) is 24.2 Å². The van der Waals surface area contributed by atoms with Crippen LogP contribution in [0, 0.1) is 13.8 Å².